The zero-order valence-corrected chi connectivity index (χ0v) is 11.2. The Balaban J connectivity index is 2.27. The number of carbonyl (C=O) groups is 1. The van der Waals surface area contributed by atoms with Crippen LogP contribution in [0.3, 0.4) is 0 Å². The summed E-state index contributed by atoms with van der Waals surface area (Å²) in [7, 11) is 1.39. The molecule has 20 heavy (non-hydrogen) atoms. The van der Waals surface area contributed by atoms with Crippen LogP contribution in [0.25, 0.3) is 0 Å². The van der Waals surface area contributed by atoms with Crippen molar-refractivity contribution in [3.8, 4) is 5.75 Å². The standard InChI is InChI=1S/C13H17N3O4/c1-20-12-7-10(16(18)19)4-5-11(12)13(17)15-6-2-3-9(14)8-15/h4-5,7,9H,2-3,6,8,14H2,1H3. The van der Waals surface area contributed by atoms with E-state index in [2.05, 4.69) is 0 Å². The minimum atomic E-state index is -0.520. The summed E-state index contributed by atoms with van der Waals surface area (Å²) in [5, 5.41) is 10.7. The first-order valence-electron chi connectivity index (χ1n) is 6.40. The molecule has 0 spiro atoms. The van der Waals surface area contributed by atoms with Gasteiger partial charge in [0.05, 0.1) is 23.7 Å². The molecule has 0 aliphatic carbocycles. The summed E-state index contributed by atoms with van der Waals surface area (Å²) in [4.78, 5) is 24.3. The van der Waals surface area contributed by atoms with Gasteiger partial charge in [-0.25, -0.2) is 0 Å². The van der Waals surface area contributed by atoms with Crippen LogP contribution in [-0.4, -0.2) is 42.0 Å². The SMILES string of the molecule is COc1cc([N+](=O)[O-])ccc1C(=O)N1CCCC(N)C1. The Bertz CT molecular complexity index is 532. The van der Waals surface area contributed by atoms with Gasteiger partial charge < -0.3 is 15.4 Å². The van der Waals surface area contributed by atoms with E-state index in [-0.39, 0.29) is 23.4 Å². The smallest absolute Gasteiger partial charge is 0.273 e. The van der Waals surface area contributed by atoms with Crippen LogP contribution in [0.5, 0.6) is 5.75 Å². The van der Waals surface area contributed by atoms with Crippen LogP contribution < -0.4 is 10.5 Å². The van der Waals surface area contributed by atoms with Gasteiger partial charge >= 0.3 is 0 Å². The molecule has 0 bridgehead atoms. The fraction of sp³-hybridized carbons (Fsp3) is 0.462. The molecule has 1 aliphatic rings. The van der Waals surface area contributed by atoms with Crippen LogP contribution >= 0.6 is 0 Å². The summed E-state index contributed by atoms with van der Waals surface area (Å²) in [6, 6.07) is 3.98. The van der Waals surface area contributed by atoms with Crippen LogP contribution in [0.2, 0.25) is 0 Å². The second kappa shape index (κ2) is 5.87. The van der Waals surface area contributed by atoms with Crippen molar-refractivity contribution in [1.82, 2.24) is 4.90 Å². The normalized spacial score (nSPS) is 18.7. The van der Waals surface area contributed by atoms with Crippen LogP contribution in [0.1, 0.15) is 23.2 Å². The zero-order valence-electron chi connectivity index (χ0n) is 11.2. The van der Waals surface area contributed by atoms with Crippen molar-refractivity contribution in [3.05, 3.63) is 33.9 Å². The number of nitrogens with zero attached hydrogens (tertiary/aromatic N) is 2. The summed E-state index contributed by atoms with van der Waals surface area (Å²) in [6.07, 6.45) is 1.77. The van der Waals surface area contributed by atoms with Gasteiger partial charge in [-0.15, -0.1) is 0 Å². The molecule has 0 radical (unpaired) electrons. The number of amides is 1. The van der Waals surface area contributed by atoms with E-state index in [0.717, 1.165) is 12.8 Å². The lowest BCUT2D eigenvalue weighted by molar-refractivity contribution is -0.384. The Morgan fingerprint density at radius 2 is 2.30 bits per heavy atom. The van der Waals surface area contributed by atoms with E-state index in [0.29, 0.717) is 18.7 Å². The number of nitrogens with two attached hydrogens (primary N) is 1. The molecule has 1 amide bonds. The molecule has 2 rings (SSSR count). The number of carbonyl (C=O) groups excluding carboxylic acids is 1. The summed E-state index contributed by atoms with van der Waals surface area (Å²) in [6.45, 7) is 1.14. The Hall–Kier alpha value is -2.15. The number of methoxy groups -OCH3 is 1. The van der Waals surface area contributed by atoms with Crippen molar-refractivity contribution in [2.45, 2.75) is 18.9 Å². The Morgan fingerprint density at radius 1 is 1.55 bits per heavy atom. The zero-order chi connectivity index (χ0) is 14.7. The number of hydrogen-bond donors (Lipinski definition) is 1. The van der Waals surface area contributed by atoms with Crippen molar-refractivity contribution in [2.24, 2.45) is 5.73 Å². The summed E-state index contributed by atoms with van der Waals surface area (Å²) in [5.41, 5.74) is 6.08. The predicted octanol–water partition coefficient (Wildman–Crippen LogP) is 1.17. The Labute approximate surface area is 116 Å². The minimum absolute atomic E-state index is 0.0169. The monoisotopic (exact) mass is 279 g/mol. The number of non-ortho nitro benzene ring substituents is 1. The number of hydrogen-bond acceptors (Lipinski definition) is 5. The van der Waals surface area contributed by atoms with Gasteiger partial charge in [-0.1, -0.05) is 0 Å². The van der Waals surface area contributed by atoms with Gasteiger partial charge in [-0.05, 0) is 18.9 Å². The minimum Gasteiger partial charge on any atom is -0.496 e. The lowest BCUT2D eigenvalue weighted by Gasteiger charge is -2.31. The van der Waals surface area contributed by atoms with Gasteiger partial charge in [-0.2, -0.15) is 0 Å². The third-order valence-corrected chi connectivity index (χ3v) is 3.37. The van der Waals surface area contributed by atoms with E-state index in [4.69, 9.17) is 10.5 Å². The van der Waals surface area contributed by atoms with Crippen LogP contribution in [0.15, 0.2) is 18.2 Å². The number of rotatable bonds is 3. The second-order valence-corrected chi connectivity index (χ2v) is 4.80. The van der Waals surface area contributed by atoms with Gasteiger partial charge in [0.15, 0.2) is 0 Å². The van der Waals surface area contributed by atoms with Crippen molar-refractivity contribution < 1.29 is 14.5 Å². The molecule has 1 saturated heterocycles. The average Bonchev–Trinajstić information content (AvgIpc) is 2.45. The van der Waals surface area contributed by atoms with Crippen LogP contribution in [-0.2, 0) is 0 Å². The molecule has 1 heterocycles. The number of piperidine rings is 1. The average molecular weight is 279 g/mol. The first-order chi connectivity index (χ1) is 9.52. The number of nitro benzene ring substituents is 1. The molecule has 2 N–H and O–H groups in total. The predicted molar refractivity (Wildman–Crippen MR) is 72.8 cm³/mol. The first-order valence-corrected chi connectivity index (χ1v) is 6.40. The number of likely N-dealkylation sites (tertiary alicyclic amines) is 1. The summed E-state index contributed by atoms with van der Waals surface area (Å²) in [5.74, 6) is 0.00948. The topological polar surface area (TPSA) is 98.7 Å². The largest absolute Gasteiger partial charge is 0.496 e. The fourth-order valence-corrected chi connectivity index (χ4v) is 2.33. The van der Waals surface area contributed by atoms with Crippen molar-refractivity contribution in [3.63, 3.8) is 0 Å². The highest BCUT2D eigenvalue weighted by molar-refractivity contribution is 5.97. The lowest BCUT2D eigenvalue weighted by Crippen LogP contribution is -2.45. The lowest BCUT2D eigenvalue weighted by atomic mass is 10.0. The number of nitro groups is 1. The van der Waals surface area contributed by atoms with Gasteiger partial charge in [0, 0.05) is 25.2 Å². The molecule has 108 valence electrons. The van der Waals surface area contributed by atoms with Crippen LogP contribution in [0.4, 0.5) is 5.69 Å². The van der Waals surface area contributed by atoms with Crippen LogP contribution in [0, 0.1) is 10.1 Å². The molecule has 0 saturated carbocycles. The molecule has 0 aromatic heterocycles. The van der Waals surface area contributed by atoms with Gasteiger partial charge in [0.25, 0.3) is 11.6 Å². The molecule has 1 unspecified atom stereocenters. The van der Waals surface area contributed by atoms with E-state index >= 15 is 0 Å². The number of benzene rings is 1. The first kappa shape index (κ1) is 14.3. The maximum absolute atomic E-state index is 12.4. The van der Waals surface area contributed by atoms with E-state index < -0.39 is 4.92 Å². The molecular weight excluding hydrogens is 262 g/mol. The van der Waals surface area contributed by atoms with E-state index in [9.17, 15) is 14.9 Å². The Morgan fingerprint density at radius 3 is 2.90 bits per heavy atom. The van der Waals surface area contributed by atoms with E-state index in [1.54, 1.807) is 4.90 Å². The van der Waals surface area contributed by atoms with Gasteiger partial charge in [-0.3, -0.25) is 14.9 Å². The molecule has 1 aromatic carbocycles. The fourth-order valence-electron chi connectivity index (χ4n) is 2.33. The highest BCUT2D eigenvalue weighted by atomic mass is 16.6. The Kier molecular flexibility index (Phi) is 4.19. The molecule has 7 heteroatoms. The molecule has 1 aliphatic heterocycles. The van der Waals surface area contributed by atoms with Crippen molar-refractivity contribution >= 4 is 11.6 Å². The van der Waals surface area contributed by atoms with Gasteiger partial charge in [0.2, 0.25) is 0 Å². The molecule has 1 fully saturated rings. The summed E-state index contributed by atoms with van der Waals surface area (Å²) < 4.78 is 5.09. The third-order valence-electron chi connectivity index (χ3n) is 3.37. The quantitative estimate of drug-likeness (QED) is 0.661. The van der Waals surface area contributed by atoms with E-state index in [1.165, 1.54) is 25.3 Å². The molecular formula is C13H17N3O4. The highest BCUT2D eigenvalue weighted by Gasteiger charge is 2.25. The molecule has 1 atom stereocenters. The molecule has 7 nitrogen and oxygen atoms in total. The maximum atomic E-state index is 12.4. The maximum Gasteiger partial charge on any atom is 0.273 e. The molecule has 1 aromatic rings. The van der Waals surface area contributed by atoms with E-state index in [1.807, 2.05) is 0 Å². The van der Waals surface area contributed by atoms with Crippen molar-refractivity contribution in [2.75, 3.05) is 20.2 Å². The van der Waals surface area contributed by atoms with Gasteiger partial charge in [0.1, 0.15) is 5.75 Å². The van der Waals surface area contributed by atoms with Crippen molar-refractivity contribution in [1.29, 1.82) is 0 Å². The highest BCUT2D eigenvalue weighted by Crippen LogP contribution is 2.26. The third kappa shape index (κ3) is 2.88. The summed E-state index contributed by atoms with van der Waals surface area (Å²) >= 11 is 0. The number of ether oxygens (including phenoxy) is 1. The second-order valence-electron chi connectivity index (χ2n) is 4.80.